The summed E-state index contributed by atoms with van der Waals surface area (Å²) in [6.07, 6.45) is 4.11. The van der Waals surface area contributed by atoms with Gasteiger partial charge in [-0.3, -0.25) is 0 Å². The van der Waals surface area contributed by atoms with Crippen LogP contribution in [0.3, 0.4) is 0 Å². The van der Waals surface area contributed by atoms with Gasteiger partial charge >= 0.3 is 0 Å². The standard InChI is InChI=1S/C16H16N2O2S/c19-14(20)10-21-16-12-8-4-5-9-13(12)17-15(18-16)11-6-2-1-3-7-11/h1-3,6-7H,4-5,8-10H2,(H,19,20)/p-1. The van der Waals surface area contributed by atoms with Gasteiger partial charge in [-0.15, -0.1) is 0 Å². The topological polar surface area (TPSA) is 65.9 Å². The first-order valence-corrected chi connectivity index (χ1v) is 8.00. The summed E-state index contributed by atoms with van der Waals surface area (Å²) in [4.78, 5) is 20.0. The van der Waals surface area contributed by atoms with Crippen LogP contribution in [-0.2, 0) is 17.6 Å². The number of nitrogens with zero attached hydrogens (tertiary/aromatic N) is 2. The summed E-state index contributed by atoms with van der Waals surface area (Å²) in [6.45, 7) is 0. The lowest BCUT2D eigenvalue weighted by atomic mass is 9.97. The Balaban J connectivity index is 2.02. The van der Waals surface area contributed by atoms with Gasteiger partial charge in [-0.05, 0) is 25.7 Å². The van der Waals surface area contributed by atoms with Crippen molar-refractivity contribution in [3.63, 3.8) is 0 Å². The van der Waals surface area contributed by atoms with Crippen molar-refractivity contribution in [1.29, 1.82) is 0 Å². The highest BCUT2D eigenvalue weighted by molar-refractivity contribution is 7.99. The van der Waals surface area contributed by atoms with Crippen LogP contribution in [0.5, 0.6) is 0 Å². The number of carboxylic acids is 1. The van der Waals surface area contributed by atoms with E-state index < -0.39 is 5.97 Å². The average Bonchev–Trinajstić information content (AvgIpc) is 2.53. The van der Waals surface area contributed by atoms with E-state index >= 15 is 0 Å². The van der Waals surface area contributed by atoms with Crippen LogP contribution in [0.2, 0.25) is 0 Å². The van der Waals surface area contributed by atoms with E-state index in [9.17, 15) is 9.90 Å². The van der Waals surface area contributed by atoms with Gasteiger partial charge in [0.25, 0.3) is 0 Å². The number of aliphatic carboxylic acids is 1. The lowest BCUT2D eigenvalue weighted by Gasteiger charge is -2.19. The first-order chi connectivity index (χ1) is 10.2. The van der Waals surface area contributed by atoms with E-state index in [-0.39, 0.29) is 5.75 Å². The molecule has 0 unspecified atom stereocenters. The van der Waals surface area contributed by atoms with Gasteiger partial charge in [-0.25, -0.2) is 9.97 Å². The zero-order valence-electron chi connectivity index (χ0n) is 11.5. The number of aryl methyl sites for hydroxylation is 1. The smallest absolute Gasteiger partial charge is 0.160 e. The summed E-state index contributed by atoms with van der Waals surface area (Å²) in [6, 6.07) is 9.79. The predicted molar refractivity (Wildman–Crippen MR) is 79.8 cm³/mol. The minimum Gasteiger partial charge on any atom is -0.549 e. The number of carbonyl (C=O) groups excluding carboxylic acids is 1. The highest BCUT2D eigenvalue weighted by atomic mass is 32.2. The van der Waals surface area contributed by atoms with E-state index in [2.05, 4.69) is 9.97 Å². The van der Waals surface area contributed by atoms with Crippen LogP contribution in [-0.4, -0.2) is 21.7 Å². The van der Waals surface area contributed by atoms with E-state index in [1.54, 1.807) is 0 Å². The van der Waals surface area contributed by atoms with Gasteiger partial charge in [0.2, 0.25) is 0 Å². The van der Waals surface area contributed by atoms with Crippen molar-refractivity contribution in [2.24, 2.45) is 0 Å². The second-order valence-corrected chi connectivity index (χ2v) is 5.98. The maximum atomic E-state index is 10.7. The van der Waals surface area contributed by atoms with Crippen molar-refractivity contribution < 1.29 is 9.90 Å². The van der Waals surface area contributed by atoms with E-state index in [4.69, 9.17) is 0 Å². The largest absolute Gasteiger partial charge is 0.549 e. The Kier molecular flexibility index (Phi) is 4.20. The van der Waals surface area contributed by atoms with E-state index in [0.29, 0.717) is 5.82 Å². The third-order valence-electron chi connectivity index (χ3n) is 3.50. The van der Waals surface area contributed by atoms with Gasteiger partial charge in [-0.2, -0.15) is 0 Å². The van der Waals surface area contributed by atoms with E-state index in [1.165, 1.54) is 11.8 Å². The van der Waals surface area contributed by atoms with Crippen LogP contribution in [0.1, 0.15) is 24.1 Å². The molecule has 5 heteroatoms. The number of rotatable bonds is 4. The number of carbonyl (C=O) groups is 1. The van der Waals surface area contributed by atoms with Gasteiger partial charge in [0.15, 0.2) is 5.82 Å². The molecule has 1 aromatic heterocycles. The SMILES string of the molecule is O=C([O-])CSc1nc(-c2ccccc2)nc2c1CCCC2. The molecule has 0 aliphatic heterocycles. The third kappa shape index (κ3) is 3.24. The highest BCUT2D eigenvalue weighted by Crippen LogP contribution is 2.30. The molecule has 1 aromatic carbocycles. The summed E-state index contributed by atoms with van der Waals surface area (Å²) in [7, 11) is 0. The lowest BCUT2D eigenvalue weighted by molar-refractivity contribution is -0.301. The zero-order valence-corrected chi connectivity index (χ0v) is 12.4. The van der Waals surface area contributed by atoms with Gasteiger partial charge in [0, 0.05) is 22.6 Å². The summed E-state index contributed by atoms with van der Waals surface area (Å²) >= 11 is 1.24. The second kappa shape index (κ2) is 6.26. The molecule has 0 saturated carbocycles. The molecule has 4 nitrogen and oxygen atoms in total. The Labute approximate surface area is 127 Å². The van der Waals surface area contributed by atoms with Crippen molar-refractivity contribution >= 4 is 17.7 Å². The van der Waals surface area contributed by atoms with Crippen LogP contribution < -0.4 is 5.11 Å². The molecule has 1 heterocycles. The highest BCUT2D eigenvalue weighted by Gasteiger charge is 2.18. The van der Waals surface area contributed by atoms with Crippen LogP contribution in [0.25, 0.3) is 11.4 Å². The van der Waals surface area contributed by atoms with Gasteiger partial charge < -0.3 is 9.90 Å². The maximum Gasteiger partial charge on any atom is 0.160 e. The van der Waals surface area contributed by atoms with Crippen molar-refractivity contribution in [3.8, 4) is 11.4 Å². The molecule has 1 aliphatic carbocycles. The Morgan fingerprint density at radius 2 is 1.90 bits per heavy atom. The Morgan fingerprint density at radius 1 is 1.14 bits per heavy atom. The van der Waals surface area contributed by atoms with Gasteiger partial charge in [0.05, 0.1) is 5.97 Å². The van der Waals surface area contributed by atoms with Crippen molar-refractivity contribution in [2.75, 3.05) is 5.75 Å². The molecule has 0 bridgehead atoms. The summed E-state index contributed by atoms with van der Waals surface area (Å²) < 4.78 is 0. The molecule has 108 valence electrons. The molecule has 0 fully saturated rings. The summed E-state index contributed by atoms with van der Waals surface area (Å²) in [5.74, 6) is -0.459. The van der Waals surface area contributed by atoms with E-state index in [0.717, 1.165) is 47.5 Å². The molecule has 1 aliphatic rings. The molecule has 0 radical (unpaired) electrons. The van der Waals surface area contributed by atoms with Crippen molar-refractivity contribution in [2.45, 2.75) is 30.7 Å². The molecule has 2 aromatic rings. The molecule has 0 atom stereocenters. The molecule has 0 N–H and O–H groups in total. The molecule has 21 heavy (non-hydrogen) atoms. The number of carboxylic acid groups (broad SMARTS) is 1. The van der Waals surface area contributed by atoms with Crippen molar-refractivity contribution in [1.82, 2.24) is 9.97 Å². The quantitative estimate of drug-likeness (QED) is 0.637. The fraction of sp³-hybridized carbons (Fsp3) is 0.312. The van der Waals surface area contributed by atoms with Crippen LogP contribution in [0, 0.1) is 0 Å². The Hall–Kier alpha value is -1.88. The lowest BCUT2D eigenvalue weighted by Crippen LogP contribution is -2.24. The number of hydrogen-bond acceptors (Lipinski definition) is 5. The summed E-state index contributed by atoms with van der Waals surface area (Å²) in [5.41, 5.74) is 3.14. The number of benzene rings is 1. The van der Waals surface area contributed by atoms with Crippen LogP contribution in [0.15, 0.2) is 35.4 Å². The maximum absolute atomic E-state index is 10.7. The monoisotopic (exact) mass is 299 g/mol. The Bertz CT molecular complexity index is 659. The predicted octanol–water partition coefficient (Wildman–Crippen LogP) is 1.86. The molecule has 0 spiro atoms. The van der Waals surface area contributed by atoms with Crippen molar-refractivity contribution in [3.05, 3.63) is 41.6 Å². The fourth-order valence-corrected chi connectivity index (χ4v) is 3.32. The molecule has 0 amide bonds. The second-order valence-electron chi connectivity index (χ2n) is 5.01. The molecule has 3 rings (SSSR count). The van der Waals surface area contributed by atoms with Crippen LogP contribution >= 0.6 is 11.8 Å². The molecular formula is C16H15N2O2S-. The first-order valence-electron chi connectivity index (χ1n) is 7.02. The third-order valence-corrected chi connectivity index (χ3v) is 4.50. The fourth-order valence-electron chi connectivity index (χ4n) is 2.52. The van der Waals surface area contributed by atoms with Crippen LogP contribution in [0.4, 0.5) is 0 Å². The molecule has 0 saturated heterocycles. The van der Waals surface area contributed by atoms with E-state index in [1.807, 2.05) is 30.3 Å². The van der Waals surface area contributed by atoms with Gasteiger partial charge in [-0.1, -0.05) is 42.1 Å². The normalized spacial score (nSPS) is 13.7. The Morgan fingerprint density at radius 3 is 2.67 bits per heavy atom. The number of hydrogen-bond donors (Lipinski definition) is 0. The number of fused-ring (bicyclic) bond motifs is 1. The summed E-state index contributed by atoms with van der Waals surface area (Å²) in [5, 5.41) is 11.5. The van der Waals surface area contributed by atoms with Gasteiger partial charge in [0.1, 0.15) is 5.03 Å². The minimum absolute atomic E-state index is 0.0717. The minimum atomic E-state index is -1.07. The molecular weight excluding hydrogens is 284 g/mol. The first kappa shape index (κ1) is 14.1. The average molecular weight is 299 g/mol. The number of aromatic nitrogens is 2. The zero-order chi connectivity index (χ0) is 14.7. The number of thioether (sulfide) groups is 1.